The number of esters is 1. The van der Waals surface area contributed by atoms with Gasteiger partial charge in [0.15, 0.2) is 0 Å². The van der Waals surface area contributed by atoms with E-state index in [0.29, 0.717) is 13.0 Å². The quantitative estimate of drug-likeness (QED) is 0.0147. The zero-order valence-corrected chi connectivity index (χ0v) is 44.2. The van der Waals surface area contributed by atoms with Gasteiger partial charge in [0.1, 0.15) is 42.7 Å². The molecule has 6 N–H and O–H groups in total. The highest BCUT2D eigenvalue weighted by Crippen LogP contribution is 2.47. The van der Waals surface area contributed by atoms with Crippen molar-refractivity contribution in [1.29, 1.82) is 0 Å². The summed E-state index contributed by atoms with van der Waals surface area (Å²) in [5.74, 6) is -0.497. The van der Waals surface area contributed by atoms with Crippen molar-refractivity contribution in [2.24, 2.45) is 0 Å². The van der Waals surface area contributed by atoms with E-state index in [4.69, 9.17) is 18.5 Å². The number of rotatable bonds is 45. The van der Waals surface area contributed by atoms with Crippen molar-refractivity contribution in [3.63, 3.8) is 0 Å². The number of hydrogen-bond donors (Lipinski definition) is 6. The number of aliphatic hydroxyl groups excluding tert-OH is 5. The highest BCUT2D eigenvalue weighted by Gasteiger charge is 2.51. The molecule has 1 aliphatic rings. The molecule has 0 aliphatic heterocycles. The van der Waals surface area contributed by atoms with Crippen molar-refractivity contribution in [2.75, 3.05) is 19.8 Å². The van der Waals surface area contributed by atoms with Gasteiger partial charge in [0.2, 0.25) is 0 Å². The van der Waals surface area contributed by atoms with E-state index in [-0.39, 0.29) is 13.0 Å². The Hall–Kier alpha value is -2.74. The summed E-state index contributed by atoms with van der Waals surface area (Å²) < 4.78 is 34.3. The molecule has 0 amide bonds. The molecule has 0 aromatic carbocycles. The molecule has 1 fully saturated rings. The first kappa shape index (κ1) is 65.3. The van der Waals surface area contributed by atoms with Crippen LogP contribution in [0.15, 0.2) is 97.2 Å². The van der Waals surface area contributed by atoms with Gasteiger partial charge < -0.3 is 39.9 Å². The predicted molar refractivity (Wildman–Crippen MR) is 285 cm³/mol. The van der Waals surface area contributed by atoms with Gasteiger partial charge in [-0.25, -0.2) is 4.57 Å². The lowest BCUT2D eigenvalue weighted by atomic mass is 9.85. The van der Waals surface area contributed by atoms with Crippen molar-refractivity contribution in [3.8, 4) is 0 Å². The molecular weight excluding hydrogens is 908 g/mol. The standard InChI is InChI=1S/C57H97O12P/c1-3-5-7-9-11-13-15-17-19-21-23-25-27-29-31-33-35-37-39-41-43-45-47-66-48-50(49-67-70(64,65)69-57-55(62)53(60)52(59)54(61)56(57)63)68-51(58)46-44-42-40-38-36-34-32-30-28-26-24-22-20-18-16-14-12-10-8-6-4-2/h5,7,11,13,16-19,22-25,29,31,35,37,50,52-57,59-63H,3-4,6,8-10,12,14-15,20-21,26-28,30,32-34,36,38-49H2,1-2H3,(H,64,65)/b7-5-,13-11-,18-16-,19-17-,24-22-,25-23-,31-29-,37-35-. The van der Waals surface area contributed by atoms with E-state index in [1.807, 2.05) is 0 Å². The highest BCUT2D eigenvalue weighted by molar-refractivity contribution is 7.47. The summed E-state index contributed by atoms with van der Waals surface area (Å²) in [5, 5.41) is 50.4. The summed E-state index contributed by atoms with van der Waals surface area (Å²) >= 11 is 0. The lowest BCUT2D eigenvalue weighted by Crippen LogP contribution is -2.64. The Morgan fingerprint density at radius 1 is 0.471 bits per heavy atom. The number of unbranched alkanes of at least 4 members (excludes halogenated alkanes) is 17. The summed E-state index contributed by atoms with van der Waals surface area (Å²) in [6, 6.07) is 0. The van der Waals surface area contributed by atoms with Crippen LogP contribution in [0.3, 0.4) is 0 Å². The van der Waals surface area contributed by atoms with E-state index in [1.54, 1.807) is 0 Å². The zero-order chi connectivity index (χ0) is 51.2. The summed E-state index contributed by atoms with van der Waals surface area (Å²) in [5.41, 5.74) is 0. The van der Waals surface area contributed by atoms with Crippen LogP contribution < -0.4 is 0 Å². The SMILES string of the molecule is CC/C=C\C/C=C\C/C=C\C/C=C\C/C=C\C/C=C\CCCCCOCC(COP(=O)(O)OC1C(O)C(O)C(O)C(O)C1O)OC(=O)CCCCCCCCCCC/C=C\C/C=C\CCCCCCC. The Bertz CT molecular complexity index is 1520. The summed E-state index contributed by atoms with van der Waals surface area (Å²) in [4.78, 5) is 23.3. The molecule has 13 heteroatoms. The minimum atomic E-state index is -5.04. The minimum absolute atomic E-state index is 0.107. The molecule has 70 heavy (non-hydrogen) atoms. The summed E-state index contributed by atoms with van der Waals surface area (Å²) in [6.45, 7) is 4.06. The van der Waals surface area contributed by atoms with Crippen LogP contribution in [0.4, 0.5) is 0 Å². The first-order valence-corrected chi connectivity index (χ1v) is 28.6. The first-order chi connectivity index (χ1) is 34.0. The van der Waals surface area contributed by atoms with Crippen molar-refractivity contribution in [2.45, 2.75) is 236 Å². The average molecular weight is 1010 g/mol. The molecule has 0 aromatic heterocycles. The molecule has 12 nitrogen and oxygen atoms in total. The molecule has 0 aromatic rings. The maximum absolute atomic E-state index is 12.9. The van der Waals surface area contributed by atoms with E-state index in [0.717, 1.165) is 96.3 Å². The maximum atomic E-state index is 12.9. The summed E-state index contributed by atoms with van der Waals surface area (Å²) in [7, 11) is -5.04. The van der Waals surface area contributed by atoms with Gasteiger partial charge in [-0.1, -0.05) is 188 Å². The van der Waals surface area contributed by atoms with Crippen LogP contribution in [0, 0.1) is 0 Å². The van der Waals surface area contributed by atoms with Crippen LogP contribution >= 0.6 is 7.82 Å². The van der Waals surface area contributed by atoms with Crippen LogP contribution in [0.1, 0.15) is 194 Å². The maximum Gasteiger partial charge on any atom is 0.472 e. The fourth-order valence-corrected chi connectivity index (χ4v) is 8.66. The van der Waals surface area contributed by atoms with Crippen molar-refractivity contribution in [1.82, 2.24) is 0 Å². The lowest BCUT2D eigenvalue weighted by molar-refractivity contribution is -0.220. The molecule has 402 valence electrons. The molecule has 1 aliphatic carbocycles. The van der Waals surface area contributed by atoms with E-state index in [2.05, 4.69) is 111 Å². The number of carbonyl (C=O) groups excluding carboxylic acids is 1. The van der Waals surface area contributed by atoms with E-state index < -0.39 is 63.1 Å². The van der Waals surface area contributed by atoms with Crippen molar-refractivity contribution in [3.05, 3.63) is 97.2 Å². The Labute approximate surface area is 424 Å². The molecule has 1 saturated carbocycles. The van der Waals surface area contributed by atoms with Crippen molar-refractivity contribution < 1.29 is 58.3 Å². The van der Waals surface area contributed by atoms with Crippen LogP contribution in [-0.2, 0) is 27.9 Å². The first-order valence-electron chi connectivity index (χ1n) is 27.1. The van der Waals surface area contributed by atoms with Crippen LogP contribution in [0.5, 0.6) is 0 Å². The number of aliphatic hydroxyl groups is 5. The number of phosphoric acid groups is 1. The number of phosphoric ester groups is 1. The normalized spacial score (nSPS) is 21.7. The largest absolute Gasteiger partial charge is 0.472 e. The number of hydrogen-bond acceptors (Lipinski definition) is 11. The van der Waals surface area contributed by atoms with Gasteiger partial charge in [0, 0.05) is 13.0 Å². The minimum Gasteiger partial charge on any atom is -0.457 e. The van der Waals surface area contributed by atoms with E-state index in [9.17, 15) is 39.8 Å². The Kier molecular flexibility index (Phi) is 43.0. The third kappa shape index (κ3) is 37.1. The highest BCUT2D eigenvalue weighted by atomic mass is 31.2. The molecule has 6 atom stereocenters. The molecule has 1 rings (SSSR count). The zero-order valence-electron chi connectivity index (χ0n) is 43.3. The Balaban J connectivity index is 2.37. The van der Waals surface area contributed by atoms with Crippen LogP contribution in [0.2, 0.25) is 0 Å². The van der Waals surface area contributed by atoms with Gasteiger partial charge in [-0.05, 0) is 96.3 Å². The number of carbonyl (C=O) groups is 1. The second kappa shape index (κ2) is 46.1. The van der Waals surface area contributed by atoms with Gasteiger partial charge in [-0.15, -0.1) is 0 Å². The molecule has 0 radical (unpaired) electrons. The lowest BCUT2D eigenvalue weighted by Gasteiger charge is -2.41. The smallest absolute Gasteiger partial charge is 0.457 e. The predicted octanol–water partition coefficient (Wildman–Crippen LogP) is 12.6. The number of allylic oxidation sites excluding steroid dienone is 16. The fraction of sp³-hybridized carbons (Fsp3) is 0.702. The monoisotopic (exact) mass is 1000 g/mol. The Morgan fingerprint density at radius 3 is 1.29 bits per heavy atom. The average Bonchev–Trinajstić information content (AvgIpc) is 3.35. The Morgan fingerprint density at radius 2 is 0.843 bits per heavy atom. The second-order valence-corrected chi connectivity index (χ2v) is 19.7. The fourth-order valence-electron chi connectivity index (χ4n) is 7.68. The van der Waals surface area contributed by atoms with Crippen molar-refractivity contribution >= 4 is 13.8 Å². The van der Waals surface area contributed by atoms with Gasteiger partial charge in [0.25, 0.3) is 0 Å². The summed E-state index contributed by atoms with van der Waals surface area (Å²) in [6.07, 6.45) is 51.8. The third-order valence-electron chi connectivity index (χ3n) is 11.9. The molecule has 0 heterocycles. The topological polar surface area (TPSA) is 192 Å². The van der Waals surface area contributed by atoms with E-state index >= 15 is 0 Å². The van der Waals surface area contributed by atoms with E-state index in [1.165, 1.54) is 70.6 Å². The molecule has 0 spiro atoms. The molecule has 0 saturated heterocycles. The van der Waals surface area contributed by atoms with Crippen LogP contribution in [-0.4, -0.2) is 98.9 Å². The number of ether oxygens (including phenoxy) is 2. The van der Waals surface area contributed by atoms with Gasteiger partial charge in [-0.2, -0.15) is 0 Å². The molecular formula is C57H97O12P. The van der Waals surface area contributed by atoms with Gasteiger partial charge in [0.05, 0.1) is 13.2 Å². The molecule has 6 unspecified atom stereocenters. The molecule has 0 bridgehead atoms. The second-order valence-electron chi connectivity index (χ2n) is 18.3. The van der Waals surface area contributed by atoms with Gasteiger partial charge in [-0.3, -0.25) is 13.8 Å². The third-order valence-corrected chi connectivity index (χ3v) is 12.9. The van der Waals surface area contributed by atoms with Gasteiger partial charge >= 0.3 is 13.8 Å². The van der Waals surface area contributed by atoms with Crippen LogP contribution in [0.25, 0.3) is 0 Å².